The van der Waals surface area contributed by atoms with E-state index in [4.69, 9.17) is 0 Å². The van der Waals surface area contributed by atoms with E-state index in [2.05, 4.69) is 5.32 Å². The number of nitro groups is 1. The minimum Gasteiger partial charge on any atom is -0.508 e. The number of phenols is 1. The van der Waals surface area contributed by atoms with E-state index in [9.17, 15) is 20.0 Å². The number of hydrogen-bond donors (Lipinski definition) is 2. The van der Waals surface area contributed by atoms with Crippen molar-refractivity contribution in [1.29, 1.82) is 0 Å². The number of rotatable bonds is 4. The first kappa shape index (κ1) is 16.3. The van der Waals surface area contributed by atoms with Crippen molar-refractivity contribution >= 4 is 17.4 Å². The Morgan fingerprint density at radius 2 is 1.96 bits per heavy atom. The van der Waals surface area contributed by atoms with Crippen LogP contribution < -0.4 is 5.32 Å². The van der Waals surface area contributed by atoms with E-state index >= 15 is 0 Å². The lowest BCUT2D eigenvalue weighted by Crippen LogP contribution is -2.31. The number of carbonyl (C=O) groups is 1. The molecule has 0 aliphatic rings. The maximum absolute atomic E-state index is 12.2. The molecule has 0 radical (unpaired) electrons. The molecular weight excluding hydrogens is 298 g/mol. The Hall–Kier alpha value is -3.09. The van der Waals surface area contributed by atoms with E-state index in [1.807, 2.05) is 0 Å². The molecular formula is C16H17N3O4. The van der Waals surface area contributed by atoms with E-state index in [0.717, 1.165) is 0 Å². The number of amides is 2. The number of phenolic OH excluding ortho intramolecular Hbond substituents is 1. The fourth-order valence-corrected chi connectivity index (χ4v) is 2.14. The summed E-state index contributed by atoms with van der Waals surface area (Å²) in [6.45, 7) is 1.79. The number of hydrogen-bond acceptors (Lipinski definition) is 4. The van der Waals surface area contributed by atoms with E-state index in [-0.39, 0.29) is 18.0 Å². The van der Waals surface area contributed by atoms with Gasteiger partial charge < -0.3 is 15.3 Å². The molecule has 2 rings (SSSR count). The van der Waals surface area contributed by atoms with E-state index in [1.165, 1.54) is 17.0 Å². The zero-order valence-electron chi connectivity index (χ0n) is 12.8. The van der Waals surface area contributed by atoms with Crippen LogP contribution in [-0.2, 0) is 6.54 Å². The molecule has 0 heterocycles. The third-order valence-corrected chi connectivity index (χ3v) is 3.49. The van der Waals surface area contributed by atoms with Crippen LogP contribution >= 0.6 is 0 Å². The van der Waals surface area contributed by atoms with Crippen LogP contribution in [0.2, 0.25) is 0 Å². The molecule has 0 unspecified atom stereocenters. The molecule has 0 saturated heterocycles. The number of benzene rings is 2. The van der Waals surface area contributed by atoms with Crippen LogP contribution in [-0.4, -0.2) is 28.0 Å². The number of aromatic hydroxyl groups is 1. The van der Waals surface area contributed by atoms with Crippen LogP contribution in [0.5, 0.6) is 5.75 Å². The van der Waals surface area contributed by atoms with Gasteiger partial charge in [0.15, 0.2) is 0 Å². The molecule has 0 aromatic heterocycles. The quantitative estimate of drug-likeness (QED) is 0.668. The van der Waals surface area contributed by atoms with Crippen molar-refractivity contribution in [2.24, 2.45) is 0 Å². The maximum atomic E-state index is 12.2. The van der Waals surface area contributed by atoms with Gasteiger partial charge in [-0.05, 0) is 19.1 Å². The fourth-order valence-electron chi connectivity index (χ4n) is 2.14. The average Bonchev–Trinajstić information content (AvgIpc) is 2.51. The van der Waals surface area contributed by atoms with Crippen molar-refractivity contribution in [1.82, 2.24) is 4.90 Å². The van der Waals surface area contributed by atoms with Crippen molar-refractivity contribution in [2.75, 3.05) is 12.4 Å². The molecule has 7 heteroatoms. The van der Waals surface area contributed by atoms with Crippen molar-refractivity contribution in [3.05, 3.63) is 63.7 Å². The molecule has 7 nitrogen and oxygen atoms in total. The first-order chi connectivity index (χ1) is 10.9. The number of para-hydroxylation sites is 1. The summed E-state index contributed by atoms with van der Waals surface area (Å²) in [5.41, 5.74) is 1.34. The first-order valence-corrected chi connectivity index (χ1v) is 6.93. The van der Waals surface area contributed by atoms with Gasteiger partial charge in [0.2, 0.25) is 0 Å². The number of carbonyl (C=O) groups excluding carboxylic acids is 1. The van der Waals surface area contributed by atoms with Crippen LogP contribution in [0.4, 0.5) is 16.2 Å². The second-order valence-corrected chi connectivity index (χ2v) is 5.12. The monoisotopic (exact) mass is 315 g/mol. The third kappa shape index (κ3) is 3.76. The second kappa shape index (κ2) is 6.78. The summed E-state index contributed by atoms with van der Waals surface area (Å²) >= 11 is 0. The van der Waals surface area contributed by atoms with Gasteiger partial charge in [0, 0.05) is 18.7 Å². The highest BCUT2D eigenvalue weighted by Gasteiger charge is 2.17. The number of nitrogens with zero attached hydrogens (tertiary/aromatic N) is 2. The molecule has 0 aliphatic heterocycles. The highest BCUT2D eigenvalue weighted by Crippen LogP contribution is 2.25. The van der Waals surface area contributed by atoms with Crippen LogP contribution in [0.1, 0.15) is 11.1 Å². The Labute approximate surface area is 133 Å². The molecule has 2 aromatic rings. The van der Waals surface area contributed by atoms with Gasteiger partial charge in [0.05, 0.1) is 22.7 Å². The van der Waals surface area contributed by atoms with Gasteiger partial charge in [-0.3, -0.25) is 10.1 Å². The Morgan fingerprint density at radius 1 is 1.26 bits per heavy atom. The highest BCUT2D eigenvalue weighted by atomic mass is 16.6. The van der Waals surface area contributed by atoms with E-state index in [1.54, 1.807) is 44.3 Å². The summed E-state index contributed by atoms with van der Waals surface area (Å²) in [7, 11) is 1.58. The smallest absolute Gasteiger partial charge is 0.321 e. The van der Waals surface area contributed by atoms with Gasteiger partial charge in [-0.25, -0.2) is 4.79 Å². The molecule has 0 bridgehead atoms. The van der Waals surface area contributed by atoms with Gasteiger partial charge in [-0.1, -0.05) is 24.3 Å². The third-order valence-electron chi connectivity index (χ3n) is 3.49. The fraction of sp³-hybridized carbons (Fsp3) is 0.188. The van der Waals surface area contributed by atoms with Gasteiger partial charge in [0.1, 0.15) is 5.75 Å². The summed E-state index contributed by atoms with van der Waals surface area (Å²) < 4.78 is 0. The van der Waals surface area contributed by atoms with Crippen LogP contribution in [0.3, 0.4) is 0 Å². The van der Waals surface area contributed by atoms with Gasteiger partial charge in [-0.2, -0.15) is 0 Å². The van der Waals surface area contributed by atoms with Crippen molar-refractivity contribution in [3.63, 3.8) is 0 Å². The molecule has 2 N–H and O–H groups in total. The topological polar surface area (TPSA) is 95.7 Å². The van der Waals surface area contributed by atoms with Gasteiger partial charge >= 0.3 is 6.03 Å². The largest absolute Gasteiger partial charge is 0.508 e. The summed E-state index contributed by atoms with van der Waals surface area (Å²) in [6, 6.07) is 10.8. The SMILES string of the molecule is Cc1c(NC(=O)N(C)Cc2ccccc2O)cccc1[N+](=O)[O-]. The predicted molar refractivity (Wildman–Crippen MR) is 86.4 cm³/mol. The lowest BCUT2D eigenvalue weighted by Gasteiger charge is -2.19. The molecule has 0 atom stereocenters. The summed E-state index contributed by atoms with van der Waals surface area (Å²) in [5, 5.41) is 23.3. The Balaban J connectivity index is 2.12. The average molecular weight is 315 g/mol. The van der Waals surface area contributed by atoms with Crippen molar-refractivity contribution in [3.8, 4) is 5.75 Å². The molecule has 0 fully saturated rings. The first-order valence-electron chi connectivity index (χ1n) is 6.93. The number of urea groups is 1. The minimum absolute atomic E-state index is 0.0499. The Morgan fingerprint density at radius 3 is 2.61 bits per heavy atom. The standard InChI is InChI=1S/C16H17N3O4/c1-11-13(7-5-8-14(11)19(22)23)17-16(21)18(2)10-12-6-3-4-9-15(12)20/h3-9,20H,10H2,1-2H3,(H,17,21). The van der Waals surface area contributed by atoms with Gasteiger partial charge in [0.25, 0.3) is 5.69 Å². The number of nitrogens with one attached hydrogen (secondary N) is 1. The molecule has 0 spiro atoms. The van der Waals surface area contributed by atoms with Gasteiger partial charge in [-0.15, -0.1) is 0 Å². The molecule has 2 aromatic carbocycles. The summed E-state index contributed by atoms with van der Waals surface area (Å²) in [5.74, 6) is 0.110. The van der Waals surface area contributed by atoms with Crippen molar-refractivity contribution < 1.29 is 14.8 Å². The van der Waals surface area contributed by atoms with Crippen LogP contribution in [0.25, 0.3) is 0 Å². The molecule has 120 valence electrons. The second-order valence-electron chi connectivity index (χ2n) is 5.12. The highest BCUT2D eigenvalue weighted by molar-refractivity contribution is 5.90. The molecule has 0 aliphatic carbocycles. The predicted octanol–water partition coefficient (Wildman–Crippen LogP) is 3.27. The minimum atomic E-state index is -0.489. The Kier molecular flexibility index (Phi) is 4.80. The zero-order chi connectivity index (χ0) is 17.0. The maximum Gasteiger partial charge on any atom is 0.321 e. The van der Waals surface area contributed by atoms with E-state index < -0.39 is 11.0 Å². The number of anilines is 1. The molecule has 0 saturated carbocycles. The lowest BCUT2D eigenvalue weighted by molar-refractivity contribution is -0.385. The molecule has 23 heavy (non-hydrogen) atoms. The lowest BCUT2D eigenvalue weighted by atomic mass is 10.1. The van der Waals surface area contributed by atoms with Crippen LogP contribution in [0, 0.1) is 17.0 Å². The van der Waals surface area contributed by atoms with Crippen molar-refractivity contribution in [2.45, 2.75) is 13.5 Å². The van der Waals surface area contributed by atoms with Crippen LogP contribution in [0.15, 0.2) is 42.5 Å². The normalized spacial score (nSPS) is 10.2. The number of nitro benzene ring substituents is 1. The summed E-state index contributed by atoms with van der Waals surface area (Å²) in [4.78, 5) is 24.0. The molecule has 2 amide bonds. The summed E-state index contributed by atoms with van der Waals surface area (Å²) in [6.07, 6.45) is 0. The van der Waals surface area contributed by atoms with E-state index in [0.29, 0.717) is 16.8 Å². The zero-order valence-corrected chi connectivity index (χ0v) is 12.8. The Bertz CT molecular complexity index is 746.